The van der Waals surface area contributed by atoms with E-state index in [0.717, 1.165) is 25.0 Å². The first-order valence-corrected chi connectivity index (χ1v) is 5.39. The zero-order valence-electron chi connectivity index (χ0n) is 9.62. The predicted octanol–water partition coefficient (Wildman–Crippen LogP) is 1.94. The van der Waals surface area contributed by atoms with Crippen LogP contribution in [0.3, 0.4) is 0 Å². The number of carbonyl (C=O) groups is 1. The molecule has 0 N–H and O–H groups in total. The van der Waals surface area contributed by atoms with E-state index >= 15 is 0 Å². The Morgan fingerprint density at radius 3 is 2.80 bits per heavy atom. The molecule has 0 bridgehead atoms. The molecule has 0 aromatic carbocycles. The highest BCUT2D eigenvalue weighted by molar-refractivity contribution is 5.87. The molecule has 0 radical (unpaired) electrons. The monoisotopic (exact) mass is 210 g/mol. The lowest BCUT2D eigenvalue weighted by Crippen LogP contribution is -2.11. The van der Waals surface area contributed by atoms with Crippen LogP contribution in [0, 0.1) is 0 Å². The molecule has 0 aliphatic heterocycles. The van der Waals surface area contributed by atoms with Gasteiger partial charge in [-0.05, 0) is 18.9 Å². The third-order valence-corrected chi connectivity index (χ3v) is 2.08. The molecule has 0 saturated heterocycles. The van der Waals surface area contributed by atoms with Gasteiger partial charge in [0.1, 0.15) is 5.69 Å². The zero-order chi connectivity index (χ0) is 11.3. The molecular formula is C11H18N2O2. The van der Waals surface area contributed by atoms with E-state index in [1.807, 2.05) is 13.0 Å². The van der Waals surface area contributed by atoms with Gasteiger partial charge in [0.2, 0.25) is 0 Å². The van der Waals surface area contributed by atoms with Gasteiger partial charge >= 0.3 is 5.97 Å². The third kappa shape index (κ3) is 3.08. The minimum absolute atomic E-state index is 0.283. The standard InChI is InChI=1S/C11H18N2O2/c1-4-6-9-8-10(13(3)12-9)11(14)15-7-5-2/h8H,4-7H2,1-3H3. The molecule has 1 aromatic rings. The molecule has 0 amide bonds. The van der Waals surface area contributed by atoms with Crippen molar-refractivity contribution in [2.75, 3.05) is 6.61 Å². The van der Waals surface area contributed by atoms with Crippen molar-refractivity contribution >= 4 is 5.97 Å². The number of carbonyl (C=O) groups excluding carboxylic acids is 1. The van der Waals surface area contributed by atoms with Gasteiger partial charge in [0.25, 0.3) is 0 Å². The Morgan fingerprint density at radius 2 is 2.20 bits per heavy atom. The minimum atomic E-state index is -0.283. The summed E-state index contributed by atoms with van der Waals surface area (Å²) in [6.45, 7) is 4.52. The molecule has 0 aliphatic carbocycles. The second-order valence-corrected chi connectivity index (χ2v) is 3.53. The number of aryl methyl sites for hydroxylation is 2. The summed E-state index contributed by atoms with van der Waals surface area (Å²) < 4.78 is 6.64. The molecule has 0 fully saturated rings. The van der Waals surface area contributed by atoms with Gasteiger partial charge in [0, 0.05) is 7.05 Å². The van der Waals surface area contributed by atoms with Gasteiger partial charge in [-0.25, -0.2) is 4.79 Å². The molecule has 0 aliphatic rings. The number of nitrogens with zero attached hydrogens (tertiary/aromatic N) is 2. The summed E-state index contributed by atoms with van der Waals surface area (Å²) in [6, 6.07) is 1.81. The van der Waals surface area contributed by atoms with Crippen molar-refractivity contribution in [3.8, 4) is 0 Å². The highest BCUT2D eigenvalue weighted by atomic mass is 16.5. The van der Waals surface area contributed by atoms with E-state index in [1.165, 1.54) is 0 Å². The van der Waals surface area contributed by atoms with Crippen LogP contribution in [0.1, 0.15) is 42.9 Å². The molecule has 1 rings (SSSR count). The molecule has 0 spiro atoms. The quantitative estimate of drug-likeness (QED) is 0.697. The number of hydrogen-bond donors (Lipinski definition) is 0. The highest BCUT2D eigenvalue weighted by Gasteiger charge is 2.13. The lowest BCUT2D eigenvalue weighted by molar-refractivity contribution is 0.0492. The summed E-state index contributed by atoms with van der Waals surface area (Å²) >= 11 is 0. The van der Waals surface area contributed by atoms with Gasteiger partial charge < -0.3 is 4.74 Å². The summed E-state index contributed by atoms with van der Waals surface area (Å²) in [5, 5.41) is 4.25. The zero-order valence-corrected chi connectivity index (χ0v) is 9.62. The number of hydrogen-bond acceptors (Lipinski definition) is 3. The van der Waals surface area contributed by atoms with Crippen molar-refractivity contribution in [2.45, 2.75) is 33.1 Å². The Labute approximate surface area is 90.2 Å². The largest absolute Gasteiger partial charge is 0.461 e. The average Bonchev–Trinajstić information content (AvgIpc) is 2.57. The number of ether oxygens (including phenoxy) is 1. The maximum absolute atomic E-state index is 11.6. The lowest BCUT2D eigenvalue weighted by Gasteiger charge is -2.01. The second-order valence-electron chi connectivity index (χ2n) is 3.53. The van der Waals surface area contributed by atoms with Crippen LogP contribution in [0.4, 0.5) is 0 Å². The Balaban J connectivity index is 2.71. The summed E-state index contributed by atoms with van der Waals surface area (Å²) in [5.74, 6) is -0.283. The summed E-state index contributed by atoms with van der Waals surface area (Å²) in [5.41, 5.74) is 1.48. The van der Waals surface area contributed by atoms with Gasteiger partial charge in [-0.15, -0.1) is 0 Å². The van der Waals surface area contributed by atoms with E-state index in [9.17, 15) is 4.79 Å². The fourth-order valence-electron chi connectivity index (χ4n) is 1.36. The smallest absolute Gasteiger partial charge is 0.356 e. The van der Waals surface area contributed by atoms with Crippen LogP contribution in [0.5, 0.6) is 0 Å². The van der Waals surface area contributed by atoms with Crippen LogP contribution in [-0.2, 0) is 18.2 Å². The predicted molar refractivity (Wildman–Crippen MR) is 57.8 cm³/mol. The summed E-state index contributed by atoms with van der Waals surface area (Å²) in [7, 11) is 1.77. The van der Waals surface area contributed by atoms with E-state index in [2.05, 4.69) is 12.0 Å². The molecule has 15 heavy (non-hydrogen) atoms. The van der Waals surface area contributed by atoms with Crippen molar-refractivity contribution < 1.29 is 9.53 Å². The average molecular weight is 210 g/mol. The van der Waals surface area contributed by atoms with Crippen LogP contribution >= 0.6 is 0 Å². The third-order valence-electron chi connectivity index (χ3n) is 2.08. The Hall–Kier alpha value is -1.32. The summed E-state index contributed by atoms with van der Waals surface area (Å²) in [4.78, 5) is 11.6. The molecule has 4 nitrogen and oxygen atoms in total. The minimum Gasteiger partial charge on any atom is -0.461 e. The number of esters is 1. The molecule has 1 aromatic heterocycles. The Kier molecular flexibility index (Phi) is 4.34. The number of rotatable bonds is 5. The van der Waals surface area contributed by atoms with Crippen molar-refractivity contribution in [3.63, 3.8) is 0 Å². The van der Waals surface area contributed by atoms with Crippen molar-refractivity contribution in [2.24, 2.45) is 7.05 Å². The van der Waals surface area contributed by atoms with Crippen LogP contribution in [0.15, 0.2) is 6.07 Å². The molecule has 0 atom stereocenters. The van der Waals surface area contributed by atoms with E-state index in [4.69, 9.17) is 4.74 Å². The van der Waals surface area contributed by atoms with Gasteiger partial charge in [-0.3, -0.25) is 4.68 Å². The SMILES string of the molecule is CCCOC(=O)c1cc(CCC)nn1C. The molecular weight excluding hydrogens is 192 g/mol. The second kappa shape index (κ2) is 5.53. The molecule has 1 heterocycles. The van der Waals surface area contributed by atoms with Crippen molar-refractivity contribution in [1.82, 2.24) is 9.78 Å². The fourth-order valence-corrected chi connectivity index (χ4v) is 1.36. The number of aromatic nitrogens is 2. The first kappa shape index (κ1) is 11.8. The van der Waals surface area contributed by atoms with Crippen molar-refractivity contribution in [3.05, 3.63) is 17.5 Å². The first-order valence-electron chi connectivity index (χ1n) is 5.39. The molecule has 0 unspecified atom stereocenters. The normalized spacial score (nSPS) is 10.3. The maximum atomic E-state index is 11.6. The van der Waals surface area contributed by atoms with Crippen LogP contribution < -0.4 is 0 Å². The van der Waals surface area contributed by atoms with E-state index < -0.39 is 0 Å². The van der Waals surface area contributed by atoms with Crippen LogP contribution in [-0.4, -0.2) is 22.4 Å². The fraction of sp³-hybridized carbons (Fsp3) is 0.636. The van der Waals surface area contributed by atoms with Gasteiger partial charge in [0.05, 0.1) is 12.3 Å². The summed E-state index contributed by atoms with van der Waals surface area (Å²) in [6.07, 6.45) is 2.76. The van der Waals surface area contributed by atoms with Gasteiger partial charge in [-0.1, -0.05) is 20.3 Å². The topological polar surface area (TPSA) is 44.1 Å². The van der Waals surface area contributed by atoms with Crippen LogP contribution in [0.25, 0.3) is 0 Å². The lowest BCUT2D eigenvalue weighted by atomic mass is 10.2. The highest BCUT2D eigenvalue weighted by Crippen LogP contribution is 2.07. The first-order chi connectivity index (χ1) is 7.19. The van der Waals surface area contributed by atoms with Crippen molar-refractivity contribution in [1.29, 1.82) is 0 Å². The van der Waals surface area contributed by atoms with E-state index in [-0.39, 0.29) is 5.97 Å². The van der Waals surface area contributed by atoms with Crippen LogP contribution in [0.2, 0.25) is 0 Å². The van der Waals surface area contributed by atoms with Gasteiger partial charge in [0.15, 0.2) is 0 Å². The Bertz CT molecular complexity index is 331. The van der Waals surface area contributed by atoms with E-state index in [0.29, 0.717) is 12.3 Å². The molecule has 0 saturated carbocycles. The molecule has 84 valence electrons. The molecule has 4 heteroatoms. The van der Waals surface area contributed by atoms with Gasteiger partial charge in [-0.2, -0.15) is 5.10 Å². The maximum Gasteiger partial charge on any atom is 0.356 e. The van der Waals surface area contributed by atoms with E-state index in [1.54, 1.807) is 11.7 Å². The Morgan fingerprint density at radius 1 is 1.47 bits per heavy atom.